The van der Waals surface area contributed by atoms with Crippen molar-refractivity contribution in [2.75, 3.05) is 19.7 Å². The lowest BCUT2D eigenvalue weighted by molar-refractivity contribution is -0.146. The quantitative estimate of drug-likeness (QED) is 0.528. The van der Waals surface area contributed by atoms with Crippen molar-refractivity contribution in [1.82, 2.24) is 15.5 Å². The zero-order chi connectivity index (χ0) is 26.1. The van der Waals surface area contributed by atoms with E-state index in [-0.39, 0.29) is 26.1 Å². The lowest BCUT2D eigenvalue weighted by Crippen LogP contribution is -2.55. The molecule has 0 aliphatic heterocycles. The molecule has 0 radical (unpaired) electrons. The van der Waals surface area contributed by atoms with Crippen LogP contribution in [0.5, 0.6) is 0 Å². The molecule has 0 aliphatic rings. The van der Waals surface area contributed by atoms with Gasteiger partial charge in [0.25, 0.3) is 0 Å². The molecule has 190 valence electrons. The number of nitrogens with zero attached hydrogens (tertiary/aromatic N) is 1. The van der Waals surface area contributed by atoms with Crippen LogP contribution in [0.4, 0.5) is 4.79 Å². The van der Waals surface area contributed by atoms with Gasteiger partial charge in [-0.3, -0.25) is 14.4 Å². The third kappa shape index (κ3) is 9.41. The largest absolute Gasteiger partial charge is 0.466 e. The topological polar surface area (TPSA) is 114 Å². The van der Waals surface area contributed by atoms with Gasteiger partial charge in [-0.2, -0.15) is 0 Å². The van der Waals surface area contributed by atoms with E-state index in [9.17, 15) is 19.2 Å². The Kier molecular flexibility index (Phi) is 10.5. The zero-order valence-corrected chi connectivity index (χ0v) is 21.6. The van der Waals surface area contributed by atoms with Crippen LogP contribution in [0.15, 0.2) is 24.3 Å². The molecule has 1 aromatic rings. The summed E-state index contributed by atoms with van der Waals surface area (Å²) < 4.78 is 10.1. The Labute approximate surface area is 202 Å². The maximum atomic E-state index is 13.4. The van der Waals surface area contributed by atoms with Gasteiger partial charge in [0.2, 0.25) is 11.8 Å². The minimum Gasteiger partial charge on any atom is -0.466 e. The molecule has 2 N–H and O–H groups in total. The first-order valence-electron chi connectivity index (χ1n) is 11.4. The molecule has 9 heteroatoms. The normalized spacial score (nSPS) is 12.4. The molecule has 3 amide bonds. The standard InChI is InChI=1S/C25H39N3O6/c1-9-33-20(30)14-15-26-22(31)21(18-13-11-10-12-17(18)2)28(24(3,4)5)19(29)16-27-23(32)34-25(6,7)8/h10-13,21H,9,14-16H2,1-8H3,(H,26,31)(H,27,32). The summed E-state index contributed by atoms with van der Waals surface area (Å²) in [7, 11) is 0. The van der Waals surface area contributed by atoms with E-state index in [1.54, 1.807) is 39.8 Å². The van der Waals surface area contributed by atoms with Crippen LogP contribution in [0.3, 0.4) is 0 Å². The number of aryl methyl sites for hydroxylation is 1. The summed E-state index contributed by atoms with van der Waals surface area (Å²) in [6.07, 6.45) is -0.704. The molecule has 0 aromatic heterocycles. The first-order valence-corrected chi connectivity index (χ1v) is 11.4. The molecule has 1 unspecified atom stereocenters. The molecule has 0 saturated heterocycles. The molecule has 0 saturated carbocycles. The number of carbonyl (C=O) groups is 4. The lowest BCUT2D eigenvalue weighted by atomic mass is 9.94. The lowest BCUT2D eigenvalue weighted by Gasteiger charge is -2.41. The van der Waals surface area contributed by atoms with E-state index in [2.05, 4.69) is 10.6 Å². The highest BCUT2D eigenvalue weighted by Crippen LogP contribution is 2.31. The number of hydrogen-bond donors (Lipinski definition) is 2. The van der Waals surface area contributed by atoms with Gasteiger partial charge in [0.05, 0.1) is 13.0 Å². The molecule has 1 aromatic carbocycles. The second kappa shape index (κ2) is 12.4. The minimum absolute atomic E-state index is 0.0176. The van der Waals surface area contributed by atoms with Crippen molar-refractivity contribution in [3.63, 3.8) is 0 Å². The molecule has 1 atom stereocenters. The smallest absolute Gasteiger partial charge is 0.408 e. The number of benzene rings is 1. The molecule has 0 bridgehead atoms. The van der Waals surface area contributed by atoms with Crippen molar-refractivity contribution in [3.8, 4) is 0 Å². The second-order valence-corrected chi connectivity index (χ2v) is 9.90. The van der Waals surface area contributed by atoms with Crippen LogP contribution in [0.2, 0.25) is 0 Å². The van der Waals surface area contributed by atoms with E-state index in [4.69, 9.17) is 9.47 Å². The molecular formula is C25H39N3O6. The number of alkyl carbamates (subject to hydrolysis) is 1. The van der Waals surface area contributed by atoms with Crippen molar-refractivity contribution in [2.24, 2.45) is 0 Å². The average molecular weight is 478 g/mol. The van der Waals surface area contributed by atoms with E-state index in [1.165, 1.54) is 4.90 Å². The van der Waals surface area contributed by atoms with Crippen LogP contribution in [0.25, 0.3) is 0 Å². The molecular weight excluding hydrogens is 438 g/mol. The van der Waals surface area contributed by atoms with Gasteiger partial charge in [0, 0.05) is 12.1 Å². The van der Waals surface area contributed by atoms with Crippen LogP contribution < -0.4 is 10.6 Å². The molecule has 9 nitrogen and oxygen atoms in total. The van der Waals surface area contributed by atoms with Crippen molar-refractivity contribution in [1.29, 1.82) is 0 Å². The first kappa shape index (κ1) is 28.9. The zero-order valence-electron chi connectivity index (χ0n) is 21.6. The number of rotatable bonds is 9. The van der Waals surface area contributed by atoms with Gasteiger partial charge in [0.1, 0.15) is 18.2 Å². The Morgan fingerprint density at radius 3 is 2.15 bits per heavy atom. The van der Waals surface area contributed by atoms with Gasteiger partial charge in [-0.1, -0.05) is 24.3 Å². The molecule has 0 fully saturated rings. The number of nitrogens with one attached hydrogen (secondary N) is 2. The fourth-order valence-corrected chi connectivity index (χ4v) is 3.36. The third-order valence-electron chi connectivity index (χ3n) is 4.70. The minimum atomic E-state index is -0.976. The predicted octanol–water partition coefficient (Wildman–Crippen LogP) is 3.26. The number of hydrogen-bond acceptors (Lipinski definition) is 6. The average Bonchev–Trinajstić information content (AvgIpc) is 2.68. The molecule has 1 rings (SSSR count). The van der Waals surface area contributed by atoms with Crippen molar-refractivity contribution < 1.29 is 28.7 Å². The first-order chi connectivity index (χ1) is 15.7. The summed E-state index contributed by atoms with van der Waals surface area (Å²) >= 11 is 0. The van der Waals surface area contributed by atoms with Gasteiger partial charge < -0.3 is 25.0 Å². The summed E-state index contributed by atoms with van der Waals surface area (Å²) in [5.41, 5.74) is 0.00385. The van der Waals surface area contributed by atoms with Crippen LogP contribution in [-0.4, -0.2) is 59.6 Å². The van der Waals surface area contributed by atoms with Crippen LogP contribution in [-0.2, 0) is 23.9 Å². The number of ether oxygens (including phenoxy) is 2. The second-order valence-electron chi connectivity index (χ2n) is 9.90. The van der Waals surface area contributed by atoms with Gasteiger partial charge in [-0.05, 0) is 66.5 Å². The maximum absolute atomic E-state index is 13.4. The summed E-state index contributed by atoms with van der Waals surface area (Å²) in [6.45, 7) is 14.2. The summed E-state index contributed by atoms with van der Waals surface area (Å²) in [4.78, 5) is 52.0. The van der Waals surface area contributed by atoms with Crippen LogP contribution in [0.1, 0.15) is 72.1 Å². The third-order valence-corrected chi connectivity index (χ3v) is 4.70. The van der Waals surface area contributed by atoms with E-state index >= 15 is 0 Å². The monoisotopic (exact) mass is 477 g/mol. The fourth-order valence-electron chi connectivity index (χ4n) is 3.36. The number of esters is 1. The molecule has 34 heavy (non-hydrogen) atoms. The highest BCUT2D eigenvalue weighted by Gasteiger charge is 2.39. The summed E-state index contributed by atoms with van der Waals surface area (Å²) in [5.74, 6) is -1.30. The van der Waals surface area contributed by atoms with Crippen molar-refractivity contribution >= 4 is 23.9 Å². The maximum Gasteiger partial charge on any atom is 0.408 e. The summed E-state index contributed by atoms with van der Waals surface area (Å²) in [5, 5.41) is 5.23. The van der Waals surface area contributed by atoms with Crippen molar-refractivity contribution in [2.45, 2.75) is 79.0 Å². The fraction of sp³-hybridized carbons (Fsp3) is 0.600. The van der Waals surface area contributed by atoms with Gasteiger partial charge >= 0.3 is 12.1 Å². The molecule has 0 heterocycles. The van der Waals surface area contributed by atoms with E-state index in [1.807, 2.05) is 39.8 Å². The van der Waals surface area contributed by atoms with E-state index in [0.717, 1.165) is 5.56 Å². The Morgan fingerprint density at radius 1 is 1.00 bits per heavy atom. The Bertz CT molecular complexity index is 870. The SMILES string of the molecule is CCOC(=O)CCNC(=O)C(c1ccccc1C)N(C(=O)CNC(=O)OC(C)(C)C)C(C)(C)C. The van der Waals surface area contributed by atoms with Crippen LogP contribution in [0, 0.1) is 6.92 Å². The summed E-state index contributed by atoms with van der Waals surface area (Å²) in [6, 6.07) is 6.32. The van der Waals surface area contributed by atoms with Gasteiger partial charge in [-0.15, -0.1) is 0 Å². The molecule has 0 aliphatic carbocycles. The van der Waals surface area contributed by atoms with Gasteiger partial charge in [0.15, 0.2) is 0 Å². The predicted molar refractivity (Wildman–Crippen MR) is 129 cm³/mol. The molecule has 0 spiro atoms. The highest BCUT2D eigenvalue weighted by molar-refractivity contribution is 5.91. The van der Waals surface area contributed by atoms with Crippen molar-refractivity contribution in [3.05, 3.63) is 35.4 Å². The van der Waals surface area contributed by atoms with E-state index < -0.39 is 41.1 Å². The number of amides is 3. The van der Waals surface area contributed by atoms with E-state index in [0.29, 0.717) is 5.56 Å². The Morgan fingerprint density at radius 2 is 1.62 bits per heavy atom. The van der Waals surface area contributed by atoms with Gasteiger partial charge in [-0.25, -0.2) is 4.79 Å². The number of carbonyl (C=O) groups excluding carboxylic acids is 4. The Hall–Kier alpha value is -3.10. The Balaban J connectivity index is 3.20. The van der Waals surface area contributed by atoms with Crippen LogP contribution >= 0.6 is 0 Å². The highest BCUT2D eigenvalue weighted by atomic mass is 16.6.